The molecule has 1 aliphatic rings. The molecule has 6 N–H and O–H groups in total. The number of carboxylic acids is 1. The van der Waals surface area contributed by atoms with Crippen LogP contribution < -0.4 is 16.4 Å². The van der Waals surface area contributed by atoms with E-state index in [4.69, 9.17) is 15.9 Å². The van der Waals surface area contributed by atoms with E-state index in [0.717, 1.165) is 5.56 Å². The molecule has 0 radical (unpaired) electrons. The van der Waals surface area contributed by atoms with Gasteiger partial charge in [-0.1, -0.05) is 30.3 Å². The van der Waals surface area contributed by atoms with Crippen molar-refractivity contribution in [2.45, 2.75) is 50.4 Å². The summed E-state index contributed by atoms with van der Waals surface area (Å²) in [7, 11) is 0. The highest BCUT2D eigenvalue weighted by Gasteiger charge is 2.37. The first kappa shape index (κ1) is 23.3. The molecule has 2 rings (SSSR count). The van der Waals surface area contributed by atoms with Crippen LogP contribution in [-0.2, 0) is 25.6 Å². The lowest BCUT2D eigenvalue weighted by atomic mass is 10.1. The summed E-state index contributed by atoms with van der Waals surface area (Å²) in [4.78, 5) is 49.9. The van der Waals surface area contributed by atoms with Gasteiger partial charge < -0.3 is 31.5 Å². The van der Waals surface area contributed by atoms with E-state index in [2.05, 4.69) is 10.6 Å². The Hall–Kier alpha value is -2.98. The van der Waals surface area contributed by atoms with Crippen molar-refractivity contribution in [1.29, 1.82) is 0 Å². The second kappa shape index (κ2) is 10.7. The molecule has 0 bridgehead atoms. The number of hydrogen-bond donors (Lipinski definition) is 5. The molecule has 0 aliphatic carbocycles. The molecule has 0 saturated carbocycles. The first-order valence-electron chi connectivity index (χ1n) is 9.79. The number of carbonyl (C=O) groups is 4. The highest BCUT2D eigenvalue weighted by atomic mass is 16.4. The molecule has 1 aromatic rings. The molecule has 4 unspecified atom stereocenters. The zero-order chi connectivity index (χ0) is 22.3. The van der Waals surface area contributed by atoms with Gasteiger partial charge in [0.1, 0.15) is 18.1 Å². The van der Waals surface area contributed by atoms with Crippen LogP contribution >= 0.6 is 0 Å². The maximum Gasteiger partial charge on any atom is 0.328 e. The lowest BCUT2D eigenvalue weighted by Crippen LogP contribution is -2.56. The quantitative estimate of drug-likeness (QED) is 0.329. The largest absolute Gasteiger partial charge is 0.480 e. The van der Waals surface area contributed by atoms with Crippen LogP contribution in [0.5, 0.6) is 0 Å². The summed E-state index contributed by atoms with van der Waals surface area (Å²) in [6.45, 7) is 1.02. The molecule has 0 spiro atoms. The van der Waals surface area contributed by atoms with Gasteiger partial charge in [-0.2, -0.15) is 0 Å². The molecule has 4 atom stereocenters. The maximum absolute atomic E-state index is 12.8. The first-order valence-corrected chi connectivity index (χ1v) is 9.79. The van der Waals surface area contributed by atoms with Crippen LogP contribution in [0.4, 0.5) is 0 Å². The summed E-state index contributed by atoms with van der Waals surface area (Å²) < 4.78 is 0. The average Bonchev–Trinajstić information content (AvgIpc) is 3.21. The van der Waals surface area contributed by atoms with Gasteiger partial charge in [-0.25, -0.2) is 4.79 Å². The zero-order valence-corrected chi connectivity index (χ0v) is 16.8. The van der Waals surface area contributed by atoms with Crippen LogP contribution in [0, 0.1) is 0 Å². The van der Waals surface area contributed by atoms with Gasteiger partial charge in [0.2, 0.25) is 17.7 Å². The number of nitrogens with zero attached hydrogens (tertiary/aromatic N) is 1. The predicted molar refractivity (Wildman–Crippen MR) is 107 cm³/mol. The third-order valence-corrected chi connectivity index (χ3v) is 5.00. The summed E-state index contributed by atoms with van der Waals surface area (Å²) in [6, 6.07) is 5.29. The molecule has 0 aromatic heterocycles. The molecular weight excluding hydrogens is 392 g/mol. The van der Waals surface area contributed by atoms with Crippen molar-refractivity contribution in [1.82, 2.24) is 15.5 Å². The molecule has 10 heteroatoms. The van der Waals surface area contributed by atoms with Crippen LogP contribution in [0.3, 0.4) is 0 Å². The van der Waals surface area contributed by atoms with E-state index in [1.54, 1.807) is 0 Å². The minimum absolute atomic E-state index is 0.333. The van der Waals surface area contributed by atoms with Crippen LogP contribution in [0.1, 0.15) is 25.3 Å². The zero-order valence-electron chi connectivity index (χ0n) is 16.8. The molecule has 30 heavy (non-hydrogen) atoms. The Balaban J connectivity index is 1.95. The monoisotopic (exact) mass is 420 g/mol. The van der Waals surface area contributed by atoms with Gasteiger partial charge in [0.05, 0.1) is 12.6 Å². The topological polar surface area (TPSA) is 162 Å². The molecule has 1 heterocycles. The summed E-state index contributed by atoms with van der Waals surface area (Å²) in [5.41, 5.74) is 6.99. The van der Waals surface area contributed by atoms with Gasteiger partial charge >= 0.3 is 5.97 Å². The highest BCUT2D eigenvalue weighted by molar-refractivity contribution is 5.94. The van der Waals surface area contributed by atoms with Crippen molar-refractivity contribution in [2.75, 3.05) is 13.2 Å². The smallest absolute Gasteiger partial charge is 0.328 e. The SMILES string of the molecule is CC(NC(=O)C1CCCN1C(=O)C(N)Cc1ccccc1)C(=O)NC(CO)C(=O)O. The average molecular weight is 420 g/mol. The number of amides is 3. The van der Waals surface area contributed by atoms with Crippen molar-refractivity contribution < 1.29 is 29.4 Å². The lowest BCUT2D eigenvalue weighted by molar-refractivity contribution is -0.143. The molecular formula is C20H28N4O6. The number of benzene rings is 1. The number of nitrogens with two attached hydrogens (primary N) is 1. The van der Waals surface area contributed by atoms with Gasteiger partial charge in [0.15, 0.2) is 0 Å². The third kappa shape index (κ3) is 6.01. The van der Waals surface area contributed by atoms with Crippen LogP contribution in [0.2, 0.25) is 0 Å². The van der Waals surface area contributed by atoms with Crippen molar-refractivity contribution >= 4 is 23.7 Å². The number of nitrogens with one attached hydrogen (secondary N) is 2. The number of hydrogen-bond acceptors (Lipinski definition) is 6. The molecule has 1 saturated heterocycles. The van der Waals surface area contributed by atoms with E-state index in [1.807, 2.05) is 30.3 Å². The van der Waals surface area contributed by atoms with E-state index in [-0.39, 0.29) is 5.91 Å². The summed E-state index contributed by atoms with van der Waals surface area (Å²) in [5, 5.41) is 22.5. The van der Waals surface area contributed by atoms with Gasteiger partial charge in [-0.05, 0) is 31.7 Å². The van der Waals surface area contributed by atoms with Crippen molar-refractivity contribution in [3.63, 3.8) is 0 Å². The molecule has 164 valence electrons. The van der Waals surface area contributed by atoms with Crippen molar-refractivity contribution in [3.8, 4) is 0 Å². The van der Waals surface area contributed by atoms with E-state index >= 15 is 0 Å². The Morgan fingerprint density at radius 1 is 1.20 bits per heavy atom. The Morgan fingerprint density at radius 3 is 2.47 bits per heavy atom. The number of carbonyl (C=O) groups excluding carboxylic acids is 3. The Morgan fingerprint density at radius 2 is 1.87 bits per heavy atom. The maximum atomic E-state index is 12.8. The fourth-order valence-electron chi connectivity index (χ4n) is 3.33. The fourth-order valence-corrected chi connectivity index (χ4v) is 3.33. The summed E-state index contributed by atoms with van der Waals surface area (Å²) in [5.74, 6) is -2.98. The van der Waals surface area contributed by atoms with Gasteiger partial charge in [-0.15, -0.1) is 0 Å². The number of rotatable bonds is 9. The van der Waals surface area contributed by atoms with Crippen molar-refractivity contribution in [3.05, 3.63) is 35.9 Å². The molecule has 1 fully saturated rings. The van der Waals surface area contributed by atoms with Crippen molar-refractivity contribution in [2.24, 2.45) is 5.73 Å². The first-order chi connectivity index (χ1) is 14.2. The summed E-state index contributed by atoms with van der Waals surface area (Å²) in [6.07, 6.45) is 1.42. The normalized spacial score (nSPS) is 18.9. The fraction of sp³-hybridized carbons (Fsp3) is 0.500. The van der Waals surface area contributed by atoms with E-state index in [9.17, 15) is 19.2 Å². The second-order valence-corrected chi connectivity index (χ2v) is 7.30. The predicted octanol–water partition coefficient (Wildman–Crippen LogP) is -1.39. The van der Waals surface area contributed by atoms with Crippen LogP contribution in [0.25, 0.3) is 0 Å². The molecule has 1 aromatic carbocycles. The number of aliphatic hydroxyl groups excluding tert-OH is 1. The van der Waals surface area contributed by atoms with Gasteiger partial charge in [0, 0.05) is 6.54 Å². The van der Waals surface area contributed by atoms with E-state index < -0.39 is 48.6 Å². The summed E-state index contributed by atoms with van der Waals surface area (Å²) >= 11 is 0. The number of carboxylic acid groups (broad SMARTS) is 1. The molecule has 1 aliphatic heterocycles. The lowest BCUT2D eigenvalue weighted by Gasteiger charge is -2.28. The second-order valence-electron chi connectivity index (χ2n) is 7.30. The standard InChI is InChI=1S/C20H28N4O6/c1-12(17(26)23-15(11-25)20(29)30)22-18(27)16-8-5-9-24(16)19(28)14(21)10-13-6-3-2-4-7-13/h2-4,6-7,12,14-16,25H,5,8-11,21H2,1H3,(H,22,27)(H,23,26)(H,29,30). The minimum atomic E-state index is -1.46. The highest BCUT2D eigenvalue weighted by Crippen LogP contribution is 2.19. The number of likely N-dealkylation sites (tertiary alicyclic amines) is 1. The number of aliphatic hydroxyl groups is 1. The van der Waals surface area contributed by atoms with Crippen LogP contribution in [0.15, 0.2) is 30.3 Å². The van der Waals surface area contributed by atoms with E-state index in [0.29, 0.717) is 25.8 Å². The molecule has 3 amide bonds. The third-order valence-electron chi connectivity index (χ3n) is 5.00. The Labute approximate surface area is 174 Å². The van der Waals surface area contributed by atoms with Gasteiger partial charge in [-0.3, -0.25) is 14.4 Å². The Bertz CT molecular complexity index is 772. The molecule has 10 nitrogen and oxygen atoms in total. The Kier molecular flexibility index (Phi) is 8.31. The minimum Gasteiger partial charge on any atom is -0.480 e. The number of aliphatic carboxylic acids is 1. The van der Waals surface area contributed by atoms with E-state index in [1.165, 1.54) is 11.8 Å². The van der Waals surface area contributed by atoms with Gasteiger partial charge in [0.25, 0.3) is 0 Å². The van der Waals surface area contributed by atoms with Crippen LogP contribution in [-0.4, -0.2) is 76.1 Å².